The van der Waals surface area contributed by atoms with Crippen LogP contribution in [0.5, 0.6) is 11.5 Å². The van der Waals surface area contributed by atoms with Crippen molar-refractivity contribution < 1.29 is 19.2 Å². The highest BCUT2D eigenvalue weighted by atomic mass is 16.5. The molecule has 5 nitrogen and oxygen atoms in total. The fourth-order valence-electron chi connectivity index (χ4n) is 2.91. The van der Waals surface area contributed by atoms with Gasteiger partial charge in [-0.15, -0.1) is 0 Å². The monoisotopic (exact) mass is 371 g/mol. The molecule has 0 aromatic heterocycles. The van der Waals surface area contributed by atoms with E-state index in [0.717, 1.165) is 38.8 Å². The van der Waals surface area contributed by atoms with Crippen LogP contribution in [0.15, 0.2) is 36.4 Å². The molecule has 2 aromatic carbocycles. The van der Waals surface area contributed by atoms with Crippen LogP contribution in [0.1, 0.15) is 30.5 Å². The summed E-state index contributed by atoms with van der Waals surface area (Å²) in [4.78, 5) is 13.8. The summed E-state index contributed by atoms with van der Waals surface area (Å²) in [6.45, 7) is 9.22. The van der Waals surface area contributed by atoms with Gasteiger partial charge in [-0.3, -0.25) is 4.79 Å². The van der Waals surface area contributed by atoms with Gasteiger partial charge in [0.2, 0.25) is 0 Å². The Morgan fingerprint density at radius 1 is 1.15 bits per heavy atom. The van der Waals surface area contributed by atoms with Gasteiger partial charge in [0.1, 0.15) is 6.54 Å². The maximum absolute atomic E-state index is 12.7. The summed E-state index contributed by atoms with van der Waals surface area (Å²) < 4.78 is 11.0. The standard InChI is InChI=1S/C22H30N2O3/c1-7-27-20-11-10-18(13-21(20)26-6)14-24(5)17(4)22(25)23-19-12-15(2)8-9-16(19)3/h8-13,17H,7,14H2,1-6H3,(H,23,25)/p+1/t17-/m1/s1. The number of anilines is 1. The number of nitrogens with one attached hydrogen (secondary N) is 2. The molecule has 2 N–H and O–H groups in total. The number of carbonyl (C=O) groups excluding carboxylic acids is 1. The van der Waals surface area contributed by atoms with E-state index in [0.29, 0.717) is 13.2 Å². The van der Waals surface area contributed by atoms with E-state index in [1.807, 2.05) is 71.1 Å². The summed E-state index contributed by atoms with van der Waals surface area (Å²) >= 11 is 0. The van der Waals surface area contributed by atoms with Crippen molar-refractivity contribution in [2.24, 2.45) is 0 Å². The lowest BCUT2D eigenvalue weighted by Gasteiger charge is -2.22. The van der Waals surface area contributed by atoms with Gasteiger partial charge >= 0.3 is 0 Å². The first-order chi connectivity index (χ1) is 12.8. The smallest absolute Gasteiger partial charge is 0.282 e. The molecule has 0 radical (unpaired) electrons. The van der Waals surface area contributed by atoms with Crippen molar-refractivity contribution in [1.29, 1.82) is 0 Å². The topological polar surface area (TPSA) is 52.0 Å². The maximum Gasteiger partial charge on any atom is 0.282 e. The number of amides is 1. The third-order valence-corrected chi connectivity index (χ3v) is 4.79. The van der Waals surface area contributed by atoms with Crippen molar-refractivity contribution in [2.75, 3.05) is 26.1 Å². The van der Waals surface area contributed by atoms with E-state index in [1.165, 1.54) is 0 Å². The zero-order chi connectivity index (χ0) is 20.0. The van der Waals surface area contributed by atoms with E-state index in [2.05, 4.69) is 5.32 Å². The van der Waals surface area contributed by atoms with Gasteiger partial charge in [-0.05, 0) is 63.1 Å². The fraction of sp³-hybridized carbons (Fsp3) is 0.409. The zero-order valence-corrected chi connectivity index (χ0v) is 17.2. The molecule has 2 aromatic rings. The number of ether oxygens (including phenoxy) is 2. The molecule has 0 aliphatic heterocycles. The molecule has 2 atom stereocenters. The van der Waals surface area contributed by atoms with Crippen molar-refractivity contribution in [3.63, 3.8) is 0 Å². The minimum absolute atomic E-state index is 0.0131. The Morgan fingerprint density at radius 3 is 2.56 bits per heavy atom. The summed E-state index contributed by atoms with van der Waals surface area (Å²) in [7, 11) is 3.66. The lowest BCUT2D eigenvalue weighted by atomic mass is 10.1. The highest BCUT2D eigenvalue weighted by molar-refractivity contribution is 5.94. The van der Waals surface area contributed by atoms with Crippen molar-refractivity contribution in [1.82, 2.24) is 0 Å². The molecule has 1 amide bonds. The lowest BCUT2D eigenvalue weighted by molar-refractivity contribution is -0.907. The molecular weight excluding hydrogens is 340 g/mol. The summed E-state index contributed by atoms with van der Waals surface area (Å²) in [6.07, 6.45) is 0. The molecular formula is C22H31N2O3+. The molecule has 1 unspecified atom stereocenters. The third-order valence-electron chi connectivity index (χ3n) is 4.79. The van der Waals surface area contributed by atoms with E-state index < -0.39 is 0 Å². The van der Waals surface area contributed by atoms with Crippen LogP contribution in [-0.4, -0.2) is 32.7 Å². The van der Waals surface area contributed by atoms with Gasteiger partial charge in [-0.2, -0.15) is 0 Å². The Balaban J connectivity index is 2.05. The first-order valence-corrected chi connectivity index (χ1v) is 9.35. The minimum atomic E-state index is -0.192. The number of hydrogen-bond donors (Lipinski definition) is 2. The average Bonchev–Trinajstić information content (AvgIpc) is 2.65. The largest absolute Gasteiger partial charge is 0.493 e. The molecule has 0 heterocycles. The second-order valence-corrected chi connectivity index (χ2v) is 6.97. The third kappa shape index (κ3) is 5.47. The van der Waals surface area contributed by atoms with Crippen LogP contribution in [0.4, 0.5) is 5.69 Å². The summed E-state index contributed by atoms with van der Waals surface area (Å²) in [5, 5.41) is 3.06. The van der Waals surface area contributed by atoms with Crippen LogP contribution in [0.3, 0.4) is 0 Å². The van der Waals surface area contributed by atoms with Gasteiger partial charge in [0.25, 0.3) is 5.91 Å². The van der Waals surface area contributed by atoms with E-state index in [9.17, 15) is 4.79 Å². The van der Waals surface area contributed by atoms with Crippen LogP contribution in [0.2, 0.25) is 0 Å². The number of methoxy groups -OCH3 is 1. The van der Waals surface area contributed by atoms with Crippen molar-refractivity contribution in [3.8, 4) is 11.5 Å². The number of hydrogen-bond acceptors (Lipinski definition) is 3. The Morgan fingerprint density at radius 2 is 1.89 bits per heavy atom. The van der Waals surface area contributed by atoms with Crippen molar-refractivity contribution in [3.05, 3.63) is 53.1 Å². The molecule has 0 fully saturated rings. The van der Waals surface area contributed by atoms with E-state index in [-0.39, 0.29) is 11.9 Å². The molecule has 27 heavy (non-hydrogen) atoms. The number of aryl methyl sites for hydroxylation is 2. The molecule has 0 saturated carbocycles. The SMILES string of the molecule is CCOc1ccc(C[NH+](C)[C@H](C)C(=O)Nc2cc(C)ccc2C)cc1OC. The Labute approximate surface area is 162 Å². The average molecular weight is 372 g/mol. The molecule has 0 spiro atoms. The van der Waals surface area contributed by atoms with Gasteiger partial charge in [0, 0.05) is 11.3 Å². The van der Waals surface area contributed by atoms with Crippen molar-refractivity contribution in [2.45, 2.75) is 40.3 Å². The highest BCUT2D eigenvalue weighted by Gasteiger charge is 2.23. The quantitative estimate of drug-likeness (QED) is 0.750. The van der Waals surface area contributed by atoms with Crippen LogP contribution < -0.4 is 19.7 Å². The first-order valence-electron chi connectivity index (χ1n) is 9.35. The van der Waals surface area contributed by atoms with E-state index in [4.69, 9.17) is 9.47 Å². The number of carbonyl (C=O) groups is 1. The van der Waals surface area contributed by atoms with Gasteiger partial charge in [0.15, 0.2) is 17.5 Å². The van der Waals surface area contributed by atoms with Gasteiger partial charge < -0.3 is 19.7 Å². The second kappa shape index (κ2) is 9.42. The lowest BCUT2D eigenvalue weighted by Crippen LogP contribution is -3.12. The Hall–Kier alpha value is -2.53. The predicted molar refractivity (Wildman–Crippen MR) is 109 cm³/mol. The van der Waals surface area contributed by atoms with Gasteiger partial charge in [-0.25, -0.2) is 0 Å². The summed E-state index contributed by atoms with van der Waals surface area (Å²) in [5.74, 6) is 1.47. The highest BCUT2D eigenvalue weighted by Crippen LogP contribution is 2.27. The van der Waals surface area contributed by atoms with Crippen LogP contribution in [0.25, 0.3) is 0 Å². The molecule has 0 bridgehead atoms. The minimum Gasteiger partial charge on any atom is -0.493 e. The van der Waals surface area contributed by atoms with E-state index >= 15 is 0 Å². The van der Waals surface area contributed by atoms with Gasteiger partial charge in [-0.1, -0.05) is 12.1 Å². The molecule has 0 saturated heterocycles. The molecule has 2 rings (SSSR count). The van der Waals surface area contributed by atoms with Crippen LogP contribution in [0, 0.1) is 13.8 Å². The fourth-order valence-corrected chi connectivity index (χ4v) is 2.91. The number of likely N-dealkylation sites (N-methyl/N-ethyl adjacent to an activating group) is 1. The first kappa shape index (κ1) is 20.8. The normalized spacial score (nSPS) is 13.0. The van der Waals surface area contributed by atoms with Gasteiger partial charge in [0.05, 0.1) is 20.8 Å². The molecule has 146 valence electrons. The van der Waals surface area contributed by atoms with E-state index in [1.54, 1.807) is 7.11 Å². The van der Waals surface area contributed by atoms with Crippen LogP contribution >= 0.6 is 0 Å². The van der Waals surface area contributed by atoms with Crippen molar-refractivity contribution >= 4 is 11.6 Å². The second-order valence-electron chi connectivity index (χ2n) is 6.97. The molecule has 0 aliphatic rings. The Kier molecular flexibility index (Phi) is 7.25. The maximum atomic E-state index is 12.7. The summed E-state index contributed by atoms with van der Waals surface area (Å²) in [5.41, 5.74) is 4.17. The molecule has 0 aliphatic carbocycles. The summed E-state index contributed by atoms with van der Waals surface area (Å²) in [6, 6.07) is 11.8. The van der Waals surface area contributed by atoms with Crippen LogP contribution in [-0.2, 0) is 11.3 Å². The molecule has 5 heteroatoms. The Bertz CT molecular complexity index is 789. The predicted octanol–water partition coefficient (Wildman–Crippen LogP) is 2.75. The number of rotatable bonds is 8. The number of quaternary nitrogens is 1. The zero-order valence-electron chi connectivity index (χ0n) is 17.2. The number of benzene rings is 2.